The van der Waals surface area contributed by atoms with Crippen LogP contribution in [0.5, 0.6) is 5.75 Å². The molecule has 2 aromatic carbocycles. The number of rotatable bonds is 6. The van der Waals surface area contributed by atoms with Crippen molar-refractivity contribution in [1.82, 2.24) is 0 Å². The summed E-state index contributed by atoms with van der Waals surface area (Å²) < 4.78 is 5.20. The molecule has 2 nitrogen and oxygen atoms in total. The highest BCUT2D eigenvalue weighted by Gasteiger charge is 2.07. The Labute approximate surface area is 140 Å². The molecule has 0 unspecified atom stereocenters. The predicted molar refractivity (Wildman–Crippen MR) is 97.0 cm³/mol. The van der Waals surface area contributed by atoms with Gasteiger partial charge in [0.2, 0.25) is 0 Å². The first-order valence-electron chi connectivity index (χ1n) is 8.51. The highest BCUT2D eigenvalue weighted by atomic mass is 16.5. The molecule has 2 heteroatoms. The van der Waals surface area contributed by atoms with Crippen molar-refractivity contribution in [3.63, 3.8) is 0 Å². The molecule has 0 N–H and O–H groups in total. The first kappa shape index (κ1) is 19.0. The van der Waals surface area contributed by atoms with E-state index in [0.29, 0.717) is 11.3 Å². The second-order valence-electron chi connectivity index (χ2n) is 5.63. The number of carbonyl (C=O) groups excluding carboxylic acids is 1. The number of esters is 1. The Morgan fingerprint density at radius 2 is 1.39 bits per heavy atom. The van der Waals surface area contributed by atoms with Crippen molar-refractivity contribution < 1.29 is 9.53 Å². The second-order valence-corrected chi connectivity index (χ2v) is 5.63. The molecule has 0 heterocycles. The van der Waals surface area contributed by atoms with Crippen molar-refractivity contribution in [3.8, 4) is 5.75 Å². The Morgan fingerprint density at radius 1 is 0.826 bits per heavy atom. The smallest absolute Gasteiger partial charge is 0.343 e. The SMILES string of the molecule is CCCCCCC.Cc1ccc(C(=O)Oc2ccccc2)cc1. The predicted octanol–water partition coefficient (Wildman–Crippen LogP) is 6.19. The van der Waals surface area contributed by atoms with Crippen molar-refractivity contribution in [2.75, 3.05) is 0 Å². The first-order chi connectivity index (χ1) is 11.2. The molecule has 2 rings (SSSR count). The Bertz CT molecular complexity index is 540. The summed E-state index contributed by atoms with van der Waals surface area (Å²) in [6, 6.07) is 16.4. The van der Waals surface area contributed by atoms with Crippen LogP contribution in [0.3, 0.4) is 0 Å². The van der Waals surface area contributed by atoms with E-state index in [1.54, 1.807) is 24.3 Å². The van der Waals surface area contributed by atoms with Gasteiger partial charge in [-0.15, -0.1) is 0 Å². The van der Waals surface area contributed by atoms with Crippen LogP contribution in [0.15, 0.2) is 54.6 Å². The Balaban J connectivity index is 0.000000322. The van der Waals surface area contributed by atoms with Crippen LogP contribution < -0.4 is 4.74 Å². The van der Waals surface area contributed by atoms with Crippen molar-refractivity contribution in [3.05, 3.63) is 65.7 Å². The van der Waals surface area contributed by atoms with Gasteiger partial charge in [-0.2, -0.15) is 0 Å². The van der Waals surface area contributed by atoms with Gasteiger partial charge in [-0.25, -0.2) is 4.79 Å². The van der Waals surface area contributed by atoms with Crippen molar-refractivity contribution in [1.29, 1.82) is 0 Å². The molecule has 0 bridgehead atoms. The first-order valence-corrected chi connectivity index (χ1v) is 8.51. The molecule has 124 valence electrons. The van der Waals surface area contributed by atoms with Crippen LogP contribution in [0.4, 0.5) is 0 Å². The maximum absolute atomic E-state index is 11.7. The van der Waals surface area contributed by atoms with Gasteiger partial charge in [0, 0.05) is 0 Å². The van der Waals surface area contributed by atoms with Gasteiger partial charge in [0.05, 0.1) is 5.56 Å². The lowest BCUT2D eigenvalue weighted by molar-refractivity contribution is 0.0735. The van der Waals surface area contributed by atoms with E-state index in [-0.39, 0.29) is 5.97 Å². The lowest BCUT2D eigenvalue weighted by Crippen LogP contribution is -2.08. The van der Waals surface area contributed by atoms with Gasteiger partial charge in [-0.3, -0.25) is 0 Å². The molecule has 2 aromatic rings. The van der Waals surface area contributed by atoms with Crippen LogP contribution in [0.25, 0.3) is 0 Å². The average Bonchev–Trinajstić information content (AvgIpc) is 2.57. The van der Waals surface area contributed by atoms with E-state index in [0.717, 1.165) is 5.56 Å². The van der Waals surface area contributed by atoms with E-state index in [1.807, 2.05) is 37.3 Å². The standard InChI is InChI=1S/C14H12O2.C7H16/c1-11-7-9-12(10-8-11)14(15)16-13-5-3-2-4-6-13;1-3-5-7-6-4-2/h2-10H,1H3;3-7H2,1-2H3. The molecule has 0 aliphatic heterocycles. The average molecular weight is 312 g/mol. The summed E-state index contributed by atoms with van der Waals surface area (Å²) in [5.41, 5.74) is 1.69. The Morgan fingerprint density at radius 3 is 1.91 bits per heavy atom. The van der Waals surface area contributed by atoms with Gasteiger partial charge in [-0.05, 0) is 31.2 Å². The summed E-state index contributed by atoms with van der Waals surface area (Å²) in [6.07, 6.45) is 7.01. The normalized spacial score (nSPS) is 9.70. The number of hydrogen-bond acceptors (Lipinski definition) is 2. The zero-order chi connectivity index (χ0) is 16.9. The largest absolute Gasteiger partial charge is 0.423 e. The molecule has 0 atom stereocenters. The molecule has 0 radical (unpaired) electrons. The summed E-state index contributed by atoms with van der Waals surface area (Å²) in [7, 11) is 0. The van der Waals surface area contributed by atoms with Crippen LogP contribution >= 0.6 is 0 Å². The number of unbranched alkanes of at least 4 members (excludes halogenated alkanes) is 4. The minimum atomic E-state index is -0.328. The highest BCUT2D eigenvalue weighted by Crippen LogP contribution is 2.12. The van der Waals surface area contributed by atoms with Crippen LogP contribution in [0.2, 0.25) is 0 Å². The molecule has 0 aliphatic rings. The fourth-order valence-corrected chi connectivity index (χ4v) is 2.02. The number of carbonyl (C=O) groups is 1. The monoisotopic (exact) mass is 312 g/mol. The molecule has 0 amide bonds. The fourth-order valence-electron chi connectivity index (χ4n) is 2.02. The Kier molecular flexibility index (Phi) is 9.46. The van der Waals surface area contributed by atoms with E-state index >= 15 is 0 Å². The van der Waals surface area contributed by atoms with Crippen LogP contribution in [-0.2, 0) is 0 Å². The third kappa shape index (κ3) is 8.20. The summed E-state index contributed by atoms with van der Waals surface area (Å²) in [5, 5.41) is 0. The quantitative estimate of drug-likeness (QED) is 0.361. The number of aryl methyl sites for hydroxylation is 1. The van der Waals surface area contributed by atoms with E-state index in [2.05, 4.69) is 13.8 Å². The van der Waals surface area contributed by atoms with E-state index in [4.69, 9.17) is 4.74 Å². The summed E-state index contributed by atoms with van der Waals surface area (Å²) >= 11 is 0. The minimum absolute atomic E-state index is 0.328. The Hall–Kier alpha value is -2.09. The molecule has 0 spiro atoms. The fraction of sp³-hybridized carbons (Fsp3) is 0.381. The molecule has 0 saturated carbocycles. The number of ether oxygens (including phenoxy) is 1. The van der Waals surface area contributed by atoms with Crippen LogP contribution in [0, 0.1) is 6.92 Å². The van der Waals surface area contributed by atoms with Gasteiger partial charge in [0.1, 0.15) is 5.75 Å². The maximum Gasteiger partial charge on any atom is 0.343 e. The summed E-state index contributed by atoms with van der Waals surface area (Å²) in [6.45, 7) is 6.47. The zero-order valence-electron chi connectivity index (χ0n) is 14.5. The van der Waals surface area contributed by atoms with Crippen LogP contribution in [-0.4, -0.2) is 5.97 Å². The lowest BCUT2D eigenvalue weighted by Gasteiger charge is -2.03. The second kappa shape index (κ2) is 11.5. The number of para-hydroxylation sites is 1. The van der Waals surface area contributed by atoms with E-state index < -0.39 is 0 Å². The van der Waals surface area contributed by atoms with E-state index in [9.17, 15) is 4.79 Å². The zero-order valence-corrected chi connectivity index (χ0v) is 14.5. The molecule has 23 heavy (non-hydrogen) atoms. The minimum Gasteiger partial charge on any atom is -0.423 e. The van der Waals surface area contributed by atoms with Crippen molar-refractivity contribution in [2.24, 2.45) is 0 Å². The van der Waals surface area contributed by atoms with Gasteiger partial charge in [0.15, 0.2) is 0 Å². The molecule has 0 fully saturated rings. The van der Waals surface area contributed by atoms with Gasteiger partial charge < -0.3 is 4.74 Å². The van der Waals surface area contributed by atoms with Gasteiger partial charge in [-0.1, -0.05) is 81.8 Å². The number of hydrogen-bond donors (Lipinski definition) is 0. The maximum atomic E-state index is 11.7. The molecule has 0 saturated heterocycles. The van der Waals surface area contributed by atoms with Gasteiger partial charge >= 0.3 is 5.97 Å². The topological polar surface area (TPSA) is 26.3 Å². The van der Waals surface area contributed by atoms with E-state index in [1.165, 1.54) is 32.1 Å². The van der Waals surface area contributed by atoms with Crippen molar-refractivity contribution >= 4 is 5.97 Å². The lowest BCUT2D eigenvalue weighted by atomic mass is 10.1. The van der Waals surface area contributed by atoms with Crippen LogP contribution in [0.1, 0.15) is 61.9 Å². The highest BCUT2D eigenvalue weighted by molar-refractivity contribution is 5.91. The summed E-state index contributed by atoms with van der Waals surface area (Å²) in [5.74, 6) is 0.235. The molecular weight excluding hydrogens is 284 g/mol. The third-order valence-electron chi connectivity index (χ3n) is 3.45. The third-order valence-corrected chi connectivity index (χ3v) is 3.45. The molecule has 0 aromatic heterocycles. The van der Waals surface area contributed by atoms with Gasteiger partial charge in [0.25, 0.3) is 0 Å². The molecule has 0 aliphatic carbocycles. The molecular formula is C21H28O2. The number of benzene rings is 2. The van der Waals surface area contributed by atoms with Crippen molar-refractivity contribution in [2.45, 2.75) is 52.9 Å². The summed E-state index contributed by atoms with van der Waals surface area (Å²) in [4.78, 5) is 11.7.